The summed E-state index contributed by atoms with van der Waals surface area (Å²) in [6.45, 7) is -0.0859. The Morgan fingerprint density at radius 3 is 2.59 bits per heavy atom. The summed E-state index contributed by atoms with van der Waals surface area (Å²) in [7, 11) is 0. The standard InChI is InChI=1S/C22H18N2O5/c25-19(15-29-20-11-6-13-28-20)27-14-12-24-21(16-7-2-1-3-8-16)23-18-10-5-4-9-17(18)22(24)26/h1-11,13H,12,14-15H2. The van der Waals surface area contributed by atoms with Crippen molar-refractivity contribution in [1.29, 1.82) is 0 Å². The van der Waals surface area contributed by atoms with Crippen LogP contribution in [0.3, 0.4) is 0 Å². The molecule has 4 rings (SSSR count). The van der Waals surface area contributed by atoms with Gasteiger partial charge in [0.05, 0.1) is 23.7 Å². The predicted octanol–water partition coefficient (Wildman–Crippen LogP) is 3.28. The molecule has 0 spiro atoms. The number of esters is 1. The molecule has 29 heavy (non-hydrogen) atoms. The van der Waals surface area contributed by atoms with Crippen molar-refractivity contribution < 1.29 is 18.7 Å². The van der Waals surface area contributed by atoms with Crippen LogP contribution in [-0.4, -0.2) is 28.7 Å². The molecule has 0 saturated carbocycles. The van der Waals surface area contributed by atoms with Crippen LogP contribution in [-0.2, 0) is 16.1 Å². The van der Waals surface area contributed by atoms with Gasteiger partial charge in [-0.1, -0.05) is 42.5 Å². The highest BCUT2D eigenvalue weighted by molar-refractivity contribution is 5.79. The Morgan fingerprint density at radius 2 is 1.79 bits per heavy atom. The number of hydrogen-bond donors (Lipinski definition) is 0. The highest BCUT2D eigenvalue weighted by Gasteiger charge is 2.13. The predicted molar refractivity (Wildman–Crippen MR) is 107 cm³/mol. The lowest BCUT2D eigenvalue weighted by Crippen LogP contribution is -2.27. The number of fused-ring (bicyclic) bond motifs is 1. The molecule has 2 heterocycles. The first-order valence-electron chi connectivity index (χ1n) is 9.09. The second kappa shape index (κ2) is 8.43. The first-order valence-corrected chi connectivity index (χ1v) is 9.09. The fourth-order valence-corrected chi connectivity index (χ4v) is 2.95. The molecule has 0 atom stereocenters. The number of nitrogens with zero attached hydrogens (tertiary/aromatic N) is 2. The zero-order valence-corrected chi connectivity index (χ0v) is 15.5. The molecule has 2 aromatic heterocycles. The van der Waals surface area contributed by atoms with E-state index >= 15 is 0 Å². The van der Waals surface area contributed by atoms with Crippen LogP contribution in [0.15, 0.2) is 82.2 Å². The van der Waals surface area contributed by atoms with Crippen LogP contribution in [0.2, 0.25) is 0 Å². The van der Waals surface area contributed by atoms with E-state index in [4.69, 9.17) is 13.9 Å². The second-order valence-corrected chi connectivity index (χ2v) is 6.22. The maximum atomic E-state index is 13.0. The summed E-state index contributed by atoms with van der Waals surface area (Å²) in [4.78, 5) is 29.6. The lowest BCUT2D eigenvalue weighted by molar-refractivity contribution is -0.146. The molecule has 0 aliphatic carbocycles. The Hall–Kier alpha value is -3.87. The van der Waals surface area contributed by atoms with Gasteiger partial charge < -0.3 is 13.9 Å². The van der Waals surface area contributed by atoms with E-state index in [0.29, 0.717) is 16.7 Å². The molecule has 7 heteroatoms. The summed E-state index contributed by atoms with van der Waals surface area (Å²) in [5, 5.41) is 0.514. The molecule has 0 amide bonds. The smallest absolute Gasteiger partial charge is 0.344 e. The van der Waals surface area contributed by atoms with Crippen molar-refractivity contribution in [2.75, 3.05) is 13.2 Å². The van der Waals surface area contributed by atoms with Crippen LogP contribution in [0.4, 0.5) is 0 Å². The van der Waals surface area contributed by atoms with Crippen molar-refractivity contribution in [3.8, 4) is 17.3 Å². The van der Waals surface area contributed by atoms with Gasteiger partial charge in [-0.3, -0.25) is 9.36 Å². The highest BCUT2D eigenvalue weighted by atomic mass is 16.6. The molecule has 0 saturated heterocycles. The number of aromatic nitrogens is 2. The average Bonchev–Trinajstić information content (AvgIpc) is 3.28. The van der Waals surface area contributed by atoms with Crippen LogP contribution >= 0.6 is 0 Å². The zero-order chi connectivity index (χ0) is 20.1. The summed E-state index contributed by atoms with van der Waals surface area (Å²) in [6.07, 6.45) is 1.45. The van der Waals surface area contributed by atoms with Gasteiger partial charge in [-0.2, -0.15) is 0 Å². The fraction of sp³-hybridized carbons (Fsp3) is 0.136. The first kappa shape index (κ1) is 18.5. The molecule has 7 nitrogen and oxygen atoms in total. The van der Waals surface area contributed by atoms with Crippen molar-refractivity contribution in [2.45, 2.75) is 6.54 Å². The van der Waals surface area contributed by atoms with Crippen LogP contribution in [0.1, 0.15) is 0 Å². The number of ether oxygens (including phenoxy) is 2. The van der Waals surface area contributed by atoms with Crippen molar-refractivity contribution in [2.24, 2.45) is 0 Å². The minimum Gasteiger partial charge on any atom is -0.461 e. The van der Waals surface area contributed by atoms with E-state index in [2.05, 4.69) is 4.98 Å². The molecule has 0 N–H and O–H groups in total. The van der Waals surface area contributed by atoms with Gasteiger partial charge in [0.2, 0.25) is 0 Å². The summed E-state index contributed by atoms with van der Waals surface area (Å²) in [5.41, 5.74) is 1.25. The number of rotatable bonds is 7. The Balaban J connectivity index is 1.53. The molecule has 0 unspecified atom stereocenters. The molecule has 0 aliphatic rings. The Kier molecular flexibility index (Phi) is 5.38. The number of furan rings is 1. The minimum atomic E-state index is -0.551. The topological polar surface area (TPSA) is 83.6 Å². The van der Waals surface area contributed by atoms with Gasteiger partial charge in [0.15, 0.2) is 6.61 Å². The van der Waals surface area contributed by atoms with Crippen molar-refractivity contribution >= 4 is 16.9 Å². The Morgan fingerprint density at radius 1 is 1.00 bits per heavy atom. The molecular weight excluding hydrogens is 372 g/mol. The lowest BCUT2D eigenvalue weighted by atomic mass is 10.2. The zero-order valence-electron chi connectivity index (χ0n) is 15.5. The molecule has 0 radical (unpaired) electrons. The van der Waals surface area contributed by atoms with E-state index in [1.165, 1.54) is 10.8 Å². The normalized spacial score (nSPS) is 10.8. The maximum Gasteiger partial charge on any atom is 0.344 e. The monoisotopic (exact) mass is 390 g/mol. The van der Waals surface area contributed by atoms with Crippen LogP contribution in [0.5, 0.6) is 5.95 Å². The maximum absolute atomic E-state index is 13.0. The van der Waals surface area contributed by atoms with Crippen molar-refractivity contribution in [3.63, 3.8) is 0 Å². The van der Waals surface area contributed by atoms with Gasteiger partial charge in [-0.15, -0.1) is 0 Å². The van der Waals surface area contributed by atoms with Crippen LogP contribution < -0.4 is 10.3 Å². The largest absolute Gasteiger partial charge is 0.461 e. The summed E-state index contributed by atoms with van der Waals surface area (Å²) in [6, 6.07) is 19.9. The summed E-state index contributed by atoms with van der Waals surface area (Å²) >= 11 is 0. The minimum absolute atomic E-state index is 0.0140. The second-order valence-electron chi connectivity index (χ2n) is 6.22. The summed E-state index contributed by atoms with van der Waals surface area (Å²) in [5.74, 6) is 0.213. The number of carbonyl (C=O) groups excluding carboxylic acids is 1. The number of hydrogen-bond acceptors (Lipinski definition) is 6. The van der Waals surface area contributed by atoms with Gasteiger partial charge in [0.25, 0.3) is 11.5 Å². The van der Waals surface area contributed by atoms with Gasteiger partial charge in [-0.05, 0) is 18.2 Å². The van der Waals surface area contributed by atoms with Crippen molar-refractivity contribution in [3.05, 3.63) is 83.3 Å². The number of benzene rings is 2. The number of carbonyl (C=O) groups is 1. The molecule has 146 valence electrons. The van der Waals surface area contributed by atoms with Crippen molar-refractivity contribution in [1.82, 2.24) is 9.55 Å². The van der Waals surface area contributed by atoms with E-state index in [1.54, 1.807) is 30.3 Å². The molecule has 2 aromatic carbocycles. The van der Waals surface area contributed by atoms with E-state index in [1.807, 2.05) is 36.4 Å². The molecule has 0 bridgehead atoms. The molecular formula is C22H18N2O5. The Labute approximate surface area is 166 Å². The third-order valence-corrected chi connectivity index (χ3v) is 4.30. The quantitative estimate of drug-likeness (QED) is 0.450. The molecule has 0 aliphatic heterocycles. The van der Waals surface area contributed by atoms with E-state index in [9.17, 15) is 9.59 Å². The fourth-order valence-electron chi connectivity index (χ4n) is 2.95. The highest BCUT2D eigenvalue weighted by Crippen LogP contribution is 2.18. The summed E-state index contributed by atoms with van der Waals surface area (Å²) < 4.78 is 16.9. The van der Waals surface area contributed by atoms with E-state index in [0.717, 1.165) is 5.56 Å². The first-order chi connectivity index (χ1) is 14.2. The van der Waals surface area contributed by atoms with E-state index < -0.39 is 5.97 Å². The van der Waals surface area contributed by atoms with Gasteiger partial charge in [0.1, 0.15) is 12.4 Å². The lowest BCUT2D eigenvalue weighted by Gasteiger charge is -2.14. The van der Waals surface area contributed by atoms with Crippen LogP contribution in [0.25, 0.3) is 22.3 Å². The number of para-hydroxylation sites is 1. The average molecular weight is 390 g/mol. The van der Waals surface area contributed by atoms with Gasteiger partial charge >= 0.3 is 5.97 Å². The third kappa shape index (κ3) is 4.19. The van der Waals surface area contributed by atoms with Gasteiger partial charge in [0, 0.05) is 11.6 Å². The van der Waals surface area contributed by atoms with E-state index in [-0.39, 0.29) is 31.3 Å². The van der Waals surface area contributed by atoms with Crippen LogP contribution in [0, 0.1) is 0 Å². The Bertz CT molecular complexity index is 1170. The molecule has 0 fully saturated rings. The van der Waals surface area contributed by atoms with Gasteiger partial charge in [-0.25, -0.2) is 9.78 Å². The SMILES string of the molecule is O=C(COc1ccco1)OCCn1c(-c2ccccc2)nc2ccccc2c1=O. The third-order valence-electron chi connectivity index (χ3n) is 4.30. The molecule has 4 aromatic rings.